The highest BCUT2D eigenvalue weighted by Gasteiger charge is 2.08. The molecule has 0 atom stereocenters. The molecule has 0 aliphatic carbocycles. The van der Waals surface area contributed by atoms with E-state index in [9.17, 15) is 8.42 Å². The van der Waals surface area contributed by atoms with E-state index in [-0.39, 0.29) is 0 Å². The lowest BCUT2D eigenvalue weighted by molar-refractivity contribution is 0.590. The molecule has 0 spiro atoms. The molecule has 2 rings (SSSR count). The minimum absolute atomic E-state index is 0.344. The topological polar surface area (TPSA) is 90.0 Å². The van der Waals surface area contributed by atoms with Crippen molar-refractivity contribution in [3.8, 4) is 11.3 Å². The molecule has 0 amide bonds. The fraction of sp³-hybridized carbons (Fsp3) is 0.250. The number of nitrogens with one attached hydrogen (secondary N) is 1. The molecule has 0 saturated heterocycles. The van der Waals surface area contributed by atoms with E-state index in [2.05, 4.69) is 9.71 Å². The van der Waals surface area contributed by atoms with E-state index in [1.54, 1.807) is 6.20 Å². The van der Waals surface area contributed by atoms with Gasteiger partial charge in [0.1, 0.15) is 0 Å². The van der Waals surface area contributed by atoms with Gasteiger partial charge >= 0.3 is 0 Å². The van der Waals surface area contributed by atoms with E-state index in [0.29, 0.717) is 17.5 Å². The van der Waals surface area contributed by atoms with Crippen LogP contribution in [0.3, 0.4) is 0 Å². The molecular formula is C12H16N4O2S2. The standard InChI is InChI=1S/C12H16N4O2S2/c1-20(17,18)14-7-8-19-12-15-11(9-16(12)13)10-5-3-2-4-6-10/h2-6,9,14H,7-8,13H2,1H3. The van der Waals surface area contributed by atoms with Crippen LogP contribution in [0.1, 0.15) is 0 Å². The highest BCUT2D eigenvalue weighted by Crippen LogP contribution is 2.22. The van der Waals surface area contributed by atoms with Crippen LogP contribution in [0.15, 0.2) is 41.7 Å². The Labute approximate surface area is 122 Å². The maximum atomic E-state index is 10.9. The summed E-state index contributed by atoms with van der Waals surface area (Å²) in [6.07, 6.45) is 2.89. The normalized spacial score (nSPS) is 11.7. The Hall–Kier alpha value is -1.51. The van der Waals surface area contributed by atoms with Crippen LogP contribution in [0.4, 0.5) is 0 Å². The average Bonchev–Trinajstić information content (AvgIpc) is 2.76. The molecule has 0 aliphatic rings. The first-order valence-corrected chi connectivity index (χ1v) is 8.81. The van der Waals surface area contributed by atoms with Crippen molar-refractivity contribution in [2.45, 2.75) is 5.16 Å². The lowest BCUT2D eigenvalue weighted by Gasteiger charge is -2.02. The molecule has 0 unspecified atom stereocenters. The molecule has 1 heterocycles. The molecule has 0 aliphatic heterocycles. The summed E-state index contributed by atoms with van der Waals surface area (Å²) >= 11 is 1.40. The second-order valence-corrected chi connectivity index (χ2v) is 7.09. The molecule has 2 aromatic rings. The number of imidazole rings is 1. The SMILES string of the molecule is CS(=O)(=O)NCCSc1nc(-c2ccccc2)cn1N. The number of aromatic nitrogens is 2. The number of hydrogen-bond acceptors (Lipinski definition) is 5. The number of sulfonamides is 1. The number of nitrogen functional groups attached to an aromatic ring is 1. The van der Waals surface area contributed by atoms with Gasteiger partial charge in [0.15, 0.2) is 5.16 Å². The molecule has 108 valence electrons. The number of benzene rings is 1. The van der Waals surface area contributed by atoms with Crippen LogP contribution in [-0.4, -0.2) is 36.6 Å². The summed E-state index contributed by atoms with van der Waals surface area (Å²) < 4.78 is 25.7. The maximum absolute atomic E-state index is 10.9. The first kappa shape index (κ1) is 14.9. The van der Waals surface area contributed by atoms with Crippen LogP contribution in [0, 0.1) is 0 Å². The van der Waals surface area contributed by atoms with Crippen molar-refractivity contribution in [3.05, 3.63) is 36.5 Å². The fourth-order valence-electron chi connectivity index (χ4n) is 1.60. The molecule has 3 N–H and O–H groups in total. The summed E-state index contributed by atoms with van der Waals surface area (Å²) in [5.74, 6) is 6.41. The molecule has 8 heteroatoms. The third-order valence-electron chi connectivity index (χ3n) is 2.47. The number of thioether (sulfide) groups is 1. The lowest BCUT2D eigenvalue weighted by Crippen LogP contribution is -2.24. The van der Waals surface area contributed by atoms with E-state index >= 15 is 0 Å². The van der Waals surface area contributed by atoms with E-state index in [0.717, 1.165) is 17.5 Å². The van der Waals surface area contributed by atoms with Crippen molar-refractivity contribution in [2.24, 2.45) is 0 Å². The van der Waals surface area contributed by atoms with Crippen molar-refractivity contribution in [1.29, 1.82) is 0 Å². The molecule has 0 fully saturated rings. The molecule has 1 aromatic heterocycles. The van der Waals surface area contributed by atoms with Gasteiger partial charge in [-0.25, -0.2) is 22.8 Å². The van der Waals surface area contributed by atoms with Gasteiger partial charge in [0, 0.05) is 17.9 Å². The van der Waals surface area contributed by atoms with Crippen molar-refractivity contribution in [1.82, 2.24) is 14.4 Å². The molecule has 6 nitrogen and oxygen atoms in total. The summed E-state index contributed by atoms with van der Waals surface area (Å²) in [6, 6.07) is 9.74. The summed E-state index contributed by atoms with van der Waals surface area (Å²) in [6.45, 7) is 0.344. The average molecular weight is 312 g/mol. The molecule has 0 saturated carbocycles. The molecule has 1 aromatic carbocycles. The quantitative estimate of drug-likeness (QED) is 0.470. The Morgan fingerprint density at radius 1 is 1.35 bits per heavy atom. The van der Waals surface area contributed by atoms with Gasteiger partial charge in [-0.1, -0.05) is 42.1 Å². The highest BCUT2D eigenvalue weighted by atomic mass is 32.2. The monoisotopic (exact) mass is 312 g/mol. The van der Waals surface area contributed by atoms with Gasteiger partial charge in [-0.15, -0.1) is 0 Å². The first-order chi connectivity index (χ1) is 9.46. The summed E-state index contributed by atoms with van der Waals surface area (Å²) in [5.41, 5.74) is 1.79. The van der Waals surface area contributed by atoms with Crippen LogP contribution in [0.5, 0.6) is 0 Å². The van der Waals surface area contributed by atoms with Gasteiger partial charge in [0.25, 0.3) is 0 Å². The molecule has 0 bridgehead atoms. The van der Waals surface area contributed by atoms with Crippen molar-refractivity contribution >= 4 is 21.8 Å². The minimum atomic E-state index is -3.15. The Balaban J connectivity index is 1.98. The van der Waals surface area contributed by atoms with Gasteiger partial charge in [0.05, 0.1) is 18.1 Å². The van der Waals surface area contributed by atoms with E-state index in [1.807, 2.05) is 30.3 Å². The molecule has 0 radical (unpaired) electrons. The number of nitrogens with zero attached hydrogens (tertiary/aromatic N) is 2. The van der Waals surface area contributed by atoms with E-state index in [1.165, 1.54) is 16.4 Å². The summed E-state index contributed by atoms with van der Waals surface area (Å²) in [5, 5.41) is 0.652. The second-order valence-electron chi connectivity index (χ2n) is 4.20. The van der Waals surface area contributed by atoms with Gasteiger partial charge in [-0.05, 0) is 0 Å². The third-order valence-corrected chi connectivity index (χ3v) is 4.16. The van der Waals surface area contributed by atoms with Crippen LogP contribution in [0.25, 0.3) is 11.3 Å². The summed E-state index contributed by atoms with van der Waals surface area (Å²) in [7, 11) is -3.15. The van der Waals surface area contributed by atoms with Gasteiger partial charge in [0.2, 0.25) is 10.0 Å². The first-order valence-electron chi connectivity index (χ1n) is 5.93. The van der Waals surface area contributed by atoms with E-state index in [4.69, 9.17) is 5.84 Å². The minimum Gasteiger partial charge on any atom is -0.337 e. The molecular weight excluding hydrogens is 296 g/mol. The highest BCUT2D eigenvalue weighted by molar-refractivity contribution is 7.99. The molecule has 20 heavy (non-hydrogen) atoms. The van der Waals surface area contributed by atoms with E-state index < -0.39 is 10.0 Å². The Morgan fingerprint density at radius 3 is 2.70 bits per heavy atom. The van der Waals surface area contributed by atoms with Crippen LogP contribution >= 0.6 is 11.8 Å². The van der Waals surface area contributed by atoms with Crippen molar-refractivity contribution < 1.29 is 8.42 Å². The zero-order valence-corrected chi connectivity index (χ0v) is 12.6. The smallest absolute Gasteiger partial charge is 0.208 e. The Morgan fingerprint density at radius 2 is 2.05 bits per heavy atom. The number of rotatable bonds is 6. The maximum Gasteiger partial charge on any atom is 0.208 e. The zero-order valence-electron chi connectivity index (χ0n) is 11.0. The van der Waals surface area contributed by atoms with Gasteiger partial charge in [-0.3, -0.25) is 0 Å². The van der Waals surface area contributed by atoms with Crippen LogP contribution < -0.4 is 10.6 Å². The predicted octanol–water partition coefficient (Wildman–Crippen LogP) is 0.905. The number of nitrogens with two attached hydrogens (primary N) is 1. The third kappa shape index (κ3) is 4.26. The Bertz CT molecular complexity index is 668. The Kier molecular flexibility index (Phi) is 4.69. The number of hydrogen-bond donors (Lipinski definition) is 2. The van der Waals surface area contributed by atoms with Crippen LogP contribution in [0.2, 0.25) is 0 Å². The largest absolute Gasteiger partial charge is 0.337 e. The fourth-order valence-corrected chi connectivity index (χ4v) is 2.95. The van der Waals surface area contributed by atoms with Crippen LogP contribution in [-0.2, 0) is 10.0 Å². The summed E-state index contributed by atoms with van der Waals surface area (Å²) in [4.78, 5) is 4.44. The predicted molar refractivity (Wildman–Crippen MR) is 81.4 cm³/mol. The second kappa shape index (κ2) is 6.29. The van der Waals surface area contributed by atoms with Crippen molar-refractivity contribution in [3.63, 3.8) is 0 Å². The zero-order chi connectivity index (χ0) is 14.6. The van der Waals surface area contributed by atoms with Crippen molar-refractivity contribution in [2.75, 3.05) is 24.4 Å². The van der Waals surface area contributed by atoms with Gasteiger partial charge in [-0.2, -0.15) is 0 Å². The lowest BCUT2D eigenvalue weighted by atomic mass is 10.2. The van der Waals surface area contributed by atoms with Gasteiger partial charge < -0.3 is 5.84 Å².